The summed E-state index contributed by atoms with van der Waals surface area (Å²) in [4.78, 5) is 38.2. The molecule has 2 aromatic rings. The Labute approximate surface area is 201 Å². The molecular formula is C27H34N2O5. The highest BCUT2D eigenvalue weighted by Gasteiger charge is 2.33. The van der Waals surface area contributed by atoms with E-state index in [4.69, 9.17) is 4.74 Å². The lowest BCUT2D eigenvalue weighted by molar-refractivity contribution is -0.151. The van der Waals surface area contributed by atoms with Gasteiger partial charge in [-0.05, 0) is 34.1 Å². The molecule has 2 amide bonds. The average molecular weight is 467 g/mol. The molecule has 0 fully saturated rings. The summed E-state index contributed by atoms with van der Waals surface area (Å²) in [5.74, 6) is -2.01. The molecule has 2 unspecified atom stereocenters. The zero-order chi connectivity index (χ0) is 25.0. The van der Waals surface area contributed by atoms with Gasteiger partial charge < -0.3 is 20.1 Å². The molecule has 7 heteroatoms. The first-order chi connectivity index (χ1) is 16.0. The maximum absolute atomic E-state index is 12.8. The second-order valence-electron chi connectivity index (χ2n) is 10.2. The molecule has 34 heavy (non-hydrogen) atoms. The van der Waals surface area contributed by atoms with Crippen molar-refractivity contribution in [3.8, 4) is 11.1 Å². The number of benzene rings is 2. The van der Waals surface area contributed by atoms with Gasteiger partial charge in [0, 0.05) is 19.5 Å². The number of hydrogen-bond donors (Lipinski definition) is 2. The third-order valence-corrected chi connectivity index (χ3v) is 6.22. The molecule has 2 atom stereocenters. The monoisotopic (exact) mass is 466 g/mol. The van der Waals surface area contributed by atoms with E-state index in [0.717, 1.165) is 22.3 Å². The molecule has 0 aliphatic heterocycles. The molecule has 0 bridgehead atoms. The summed E-state index contributed by atoms with van der Waals surface area (Å²) in [6, 6.07) is 15.3. The molecule has 2 N–H and O–H groups in total. The number of hydrogen-bond acceptors (Lipinski definition) is 4. The van der Waals surface area contributed by atoms with Gasteiger partial charge >= 0.3 is 12.1 Å². The summed E-state index contributed by atoms with van der Waals surface area (Å²) < 4.78 is 5.51. The van der Waals surface area contributed by atoms with Gasteiger partial charge in [0.15, 0.2) is 0 Å². The quantitative estimate of drug-likeness (QED) is 0.597. The maximum atomic E-state index is 12.8. The standard InChI is InChI=1S/C27H34N2O5/c1-17(24(30)29(5)23(25(31)32)14-27(2,3)4)15-28-26(33)34-16-22-20-12-8-6-10-18(20)19-11-7-9-13-21(19)22/h6-13,17,22-23H,14-16H2,1-5H3,(H,28,33)(H,31,32). The van der Waals surface area contributed by atoms with Crippen molar-refractivity contribution in [3.05, 3.63) is 59.7 Å². The Morgan fingerprint density at radius 2 is 1.56 bits per heavy atom. The largest absolute Gasteiger partial charge is 0.480 e. The second-order valence-corrected chi connectivity index (χ2v) is 10.2. The Hall–Kier alpha value is -3.35. The lowest BCUT2D eigenvalue weighted by Crippen LogP contribution is -2.48. The SMILES string of the molecule is CC(CNC(=O)OCC1c2ccccc2-c2ccccc21)C(=O)N(C)C(CC(C)(C)C)C(=O)O. The van der Waals surface area contributed by atoms with Crippen molar-refractivity contribution in [3.63, 3.8) is 0 Å². The zero-order valence-electron chi connectivity index (χ0n) is 20.5. The number of carbonyl (C=O) groups excluding carboxylic acids is 2. The van der Waals surface area contributed by atoms with Crippen molar-refractivity contribution in [1.82, 2.24) is 10.2 Å². The molecular weight excluding hydrogens is 432 g/mol. The third kappa shape index (κ3) is 5.76. The van der Waals surface area contributed by atoms with E-state index >= 15 is 0 Å². The lowest BCUT2D eigenvalue weighted by atomic mass is 9.87. The third-order valence-electron chi connectivity index (χ3n) is 6.22. The number of carboxylic acid groups (broad SMARTS) is 1. The molecule has 1 aliphatic carbocycles. The minimum Gasteiger partial charge on any atom is -0.480 e. The van der Waals surface area contributed by atoms with Crippen LogP contribution < -0.4 is 5.32 Å². The molecule has 7 nitrogen and oxygen atoms in total. The van der Waals surface area contributed by atoms with Crippen LogP contribution in [0.25, 0.3) is 11.1 Å². The number of carboxylic acids is 1. The fourth-order valence-electron chi connectivity index (χ4n) is 4.44. The van der Waals surface area contributed by atoms with E-state index in [2.05, 4.69) is 17.4 Å². The number of likely N-dealkylation sites (N-methyl/N-ethyl adjacent to an activating group) is 1. The Morgan fingerprint density at radius 3 is 2.06 bits per heavy atom. The second kappa shape index (κ2) is 10.3. The summed E-state index contributed by atoms with van der Waals surface area (Å²) in [5.41, 5.74) is 4.30. The number of amides is 2. The van der Waals surface area contributed by atoms with Gasteiger partial charge in [-0.15, -0.1) is 0 Å². The van der Waals surface area contributed by atoms with Crippen molar-refractivity contribution < 1.29 is 24.2 Å². The lowest BCUT2D eigenvalue weighted by Gasteiger charge is -2.31. The molecule has 0 radical (unpaired) electrons. The Kier molecular flexibility index (Phi) is 7.64. The summed E-state index contributed by atoms with van der Waals surface area (Å²) in [5, 5.41) is 12.2. The van der Waals surface area contributed by atoms with Crippen LogP contribution in [0.15, 0.2) is 48.5 Å². The van der Waals surface area contributed by atoms with Crippen LogP contribution in [0, 0.1) is 11.3 Å². The highest BCUT2D eigenvalue weighted by atomic mass is 16.5. The fraction of sp³-hybridized carbons (Fsp3) is 0.444. The Balaban J connectivity index is 1.55. The minimum atomic E-state index is -1.04. The molecule has 0 saturated heterocycles. The summed E-state index contributed by atoms with van der Waals surface area (Å²) in [6.07, 6.45) is -0.273. The molecule has 182 valence electrons. The van der Waals surface area contributed by atoms with Crippen molar-refractivity contribution in [1.29, 1.82) is 0 Å². The van der Waals surface area contributed by atoms with Crippen molar-refractivity contribution >= 4 is 18.0 Å². The zero-order valence-corrected chi connectivity index (χ0v) is 20.5. The number of rotatable bonds is 8. The van der Waals surface area contributed by atoms with E-state index in [0.29, 0.717) is 6.42 Å². The van der Waals surface area contributed by atoms with E-state index in [9.17, 15) is 19.5 Å². The fourth-order valence-corrected chi connectivity index (χ4v) is 4.44. The van der Waals surface area contributed by atoms with Crippen LogP contribution in [0.2, 0.25) is 0 Å². The highest BCUT2D eigenvalue weighted by Crippen LogP contribution is 2.44. The maximum Gasteiger partial charge on any atom is 0.407 e. The molecule has 2 aromatic carbocycles. The van der Waals surface area contributed by atoms with Crippen molar-refractivity contribution in [2.45, 2.75) is 46.1 Å². The summed E-state index contributed by atoms with van der Waals surface area (Å²) in [7, 11) is 1.50. The summed E-state index contributed by atoms with van der Waals surface area (Å²) in [6.45, 7) is 7.71. The minimum absolute atomic E-state index is 0.0444. The number of carbonyl (C=O) groups is 3. The first-order valence-electron chi connectivity index (χ1n) is 11.6. The van der Waals surface area contributed by atoms with Crippen LogP contribution in [0.4, 0.5) is 4.79 Å². The normalized spacial score (nSPS) is 14.5. The number of aliphatic carboxylic acids is 1. The smallest absolute Gasteiger partial charge is 0.407 e. The van der Waals surface area contributed by atoms with E-state index in [1.54, 1.807) is 6.92 Å². The predicted molar refractivity (Wildman–Crippen MR) is 131 cm³/mol. The van der Waals surface area contributed by atoms with Crippen molar-refractivity contribution in [2.24, 2.45) is 11.3 Å². The van der Waals surface area contributed by atoms with Crippen molar-refractivity contribution in [2.75, 3.05) is 20.2 Å². The van der Waals surface area contributed by atoms with Crippen LogP contribution in [0.3, 0.4) is 0 Å². The van der Waals surface area contributed by atoms with Crippen LogP contribution in [0.5, 0.6) is 0 Å². The van der Waals surface area contributed by atoms with Crippen LogP contribution >= 0.6 is 0 Å². The Bertz CT molecular complexity index is 1010. The van der Waals surface area contributed by atoms with E-state index in [1.807, 2.05) is 57.2 Å². The average Bonchev–Trinajstić information content (AvgIpc) is 3.11. The van der Waals surface area contributed by atoms with Gasteiger partial charge in [0.2, 0.25) is 5.91 Å². The van der Waals surface area contributed by atoms with E-state index < -0.39 is 24.0 Å². The number of alkyl carbamates (subject to hydrolysis) is 1. The molecule has 1 aliphatic rings. The molecule has 0 spiro atoms. The summed E-state index contributed by atoms with van der Waals surface area (Å²) >= 11 is 0. The van der Waals surface area contributed by atoms with E-state index in [1.165, 1.54) is 11.9 Å². The number of fused-ring (bicyclic) bond motifs is 3. The van der Waals surface area contributed by atoms with Gasteiger partial charge in [0.25, 0.3) is 0 Å². The Morgan fingerprint density at radius 1 is 1.03 bits per heavy atom. The van der Waals surface area contributed by atoms with Gasteiger partial charge in [0.05, 0.1) is 5.92 Å². The first-order valence-corrected chi connectivity index (χ1v) is 11.6. The van der Waals surface area contributed by atoms with Gasteiger partial charge in [-0.3, -0.25) is 4.79 Å². The van der Waals surface area contributed by atoms with Crippen LogP contribution in [-0.2, 0) is 14.3 Å². The molecule has 3 rings (SSSR count). The van der Waals surface area contributed by atoms with Gasteiger partial charge in [-0.25, -0.2) is 9.59 Å². The topological polar surface area (TPSA) is 95.9 Å². The van der Waals surface area contributed by atoms with Gasteiger partial charge in [-0.2, -0.15) is 0 Å². The number of nitrogens with one attached hydrogen (secondary N) is 1. The number of ether oxygens (including phenoxy) is 1. The van der Waals surface area contributed by atoms with Crippen LogP contribution in [-0.4, -0.2) is 54.2 Å². The van der Waals surface area contributed by atoms with Gasteiger partial charge in [0.1, 0.15) is 12.6 Å². The van der Waals surface area contributed by atoms with E-state index in [-0.39, 0.29) is 30.4 Å². The molecule has 0 aromatic heterocycles. The predicted octanol–water partition coefficient (Wildman–Crippen LogP) is 4.51. The van der Waals surface area contributed by atoms with Gasteiger partial charge in [-0.1, -0.05) is 76.2 Å². The molecule has 0 saturated carbocycles. The highest BCUT2D eigenvalue weighted by molar-refractivity contribution is 5.85. The first kappa shape index (κ1) is 25.3. The number of nitrogens with zero attached hydrogens (tertiary/aromatic N) is 1. The van der Waals surface area contributed by atoms with Crippen LogP contribution in [0.1, 0.15) is 51.2 Å². The molecule has 0 heterocycles.